The van der Waals surface area contributed by atoms with Crippen LogP contribution in [0.5, 0.6) is 0 Å². The van der Waals surface area contributed by atoms with E-state index in [1.165, 1.54) is 0 Å². The highest BCUT2D eigenvalue weighted by Crippen LogP contribution is 2.20. The third-order valence-electron chi connectivity index (χ3n) is 3.47. The van der Waals surface area contributed by atoms with Gasteiger partial charge in [-0.1, -0.05) is 20.8 Å². The van der Waals surface area contributed by atoms with Gasteiger partial charge in [0, 0.05) is 32.0 Å². The van der Waals surface area contributed by atoms with E-state index >= 15 is 0 Å². The number of ketones is 1. The molecule has 1 heterocycles. The van der Waals surface area contributed by atoms with Gasteiger partial charge in [-0.3, -0.25) is 4.79 Å². The minimum atomic E-state index is 0.271. The number of hydrogen-bond donors (Lipinski definition) is 0. The second-order valence-corrected chi connectivity index (χ2v) is 5.82. The van der Waals surface area contributed by atoms with E-state index in [-0.39, 0.29) is 5.92 Å². The Kier molecular flexibility index (Phi) is 7.52. The van der Waals surface area contributed by atoms with E-state index in [1.807, 2.05) is 0 Å². The first-order chi connectivity index (χ1) is 8.63. The van der Waals surface area contributed by atoms with Crippen LogP contribution in [-0.2, 0) is 9.53 Å². The molecule has 1 aliphatic rings. The van der Waals surface area contributed by atoms with Crippen molar-refractivity contribution in [2.75, 3.05) is 32.8 Å². The summed E-state index contributed by atoms with van der Waals surface area (Å²) in [5, 5.41) is 0. The van der Waals surface area contributed by atoms with E-state index in [4.69, 9.17) is 4.74 Å². The lowest BCUT2D eigenvalue weighted by Crippen LogP contribution is -2.40. The lowest BCUT2D eigenvalue weighted by molar-refractivity contribution is -0.125. The number of carbonyl (C=O) groups excluding carboxylic acids is 1. The van der Waals surface area contributed by atoms with Crippen LogP contribution >= 0.6 is 0 Å². The molecule has 0 saturated carbocycles. The van der Waals surface area contributed by atoms with Crippen molar-refractivity contribution in [2.24, 2.45) is 11.8 Å². The molecule has 1 atom stereocenters. The van der Waals surface area contributed by atoms with Crippen LogP contribution in [0.1, 0.15) is 46.5 Å². The molecule has 1 saturated heterocycles. The zero-order valence-electron chi connectivity index (χ0n) is 12.3. The van der Waals surface area contributed by atoms with Gasteiger partial charge in [0.25, 0.3) is 0 Å². The Labute approximate surface area is 112 Å². The highest BCUT2D eigenvalue weighted by molar-refractivity contribution is 5.81. The SMILES string of the molecule is CCCOCCN1CCCC(C(=O)CC(C)C)C1. The predicted molar refractivity (Wildman–Crippen MR) is 74.7 cm³/mol. The number of likely N-dealkylation sites (tertiary alicyclic amines) is 1. The first-order valence-corrected chi connectivity index (χ1v) is 7.46. The van der Waals surface area contributed by atoms with Crippen molar-refractivity contribution >= 4 is 5.78 Å². The van der Waals surface area contributed by atoms with Crippen LogP contribution in [0.2, 0.25) is 0 Å². The quantitative estimate of drug-likeness (QED) is 0.625. The topological polar surface area (TPSA) is 29.5 Å². The van der Waals surface area contributed by atoms with Gasteiger partial charge in [-0.2, -0.15) is 0 Å². The van der Waals surface area contributed by atoms with Gasteiger partial charge in [-0.05, 0) is 31.7 Å². The highest BCUT2D eigenvalue weighted by Gasteiger charge is 2.25. The van der Waals surface area contributed by atoms with Crippen LogP contribution in [0.15, 0.2) is 0 Å². The molecular weight excluding hydrogens is 226 g/mol. The molecule has 0 N–H and O–H groups in total. The van der Waals surface area contributed by atoms with Gasteiger partial charge in [0.15, 0.2) is 0 Å². The van der Waals surface area contributed by atoms with E-state index in [0.29, 0.717) is 11.7 Å². The Balaban J connectivity index is 2.25. The van der Waals surface area contributed by atoms with Crippen LogP contribution in [0, 0.1) is 11.8 Å². The van der Waals surface area contributed by atoms with Crippen LogP contribution in [0.4, 0.5) is 0 Å². The lowest BCUT2D eigenvalue weighted by atomic mass is 9.89. The summed E-state index contributed by atoms with van der Waals surface area (Å²) in [6, 6.07) is 0. The first-order valence-electron chi connectivity index (χ1n) is 7.46. The summed E-state index contributed by atoms with van der Waals surface area (Å²) in [5.41, 5.74) is 0. The fourth-order valence-electron chi connectivity index (χ4n) is 2.53. The molecule has 3 heteroatoms. The van der Waals surface area contributed by atoms with Crippen LogP contribution in [0.25, 0.3) is 0 Å². The van der Waals surface area contributed by atoms with Crippen molar-refractivity contribution in [1.29, 1.82) is 0 Å². The van der Waals surface area contributed by atoms with Crippen molar-refractivity contribution < 1.29 is 9.53 Å². The van der Waals surface area contributed by atoms with Crippen LogP contribution in [0.3, 0.4) is 0 Å². The Morgan fingerprint density at radius 3 is 2.83 bits per heavy atom. The summed E-state index contributed by atoms with van der Waals surface area (Å²) in [6.07, 6.45) is 4.06. The maximum Gasteiger partial charge on any atom is 0.137 e. The van der Waals surface area contributed by atoms with Crippen LogP contribution < -0.4 is 0 Å². The van der Waals surface area contributed by atoms with E-state index in [2.05, 4.69) is 25.7 Å². The van der Waals surface area contributed by atoms with Crippen LogP contribution in [-0.4, -0.2) is 43.5 Å². The molecule has 0 bridgehead atoms. The average Bonchev–Trinajstić information content (AvgIpc) is 2.34. The van der Waals surface area contributed by atoms with E-state index in [9.17, 15) is 4.79 Å². The second kappa shape index (κ2) is 8.65. The zero-order valence-corrected chi connectivity index (χ0v) is 12.3. The number of carbonyl (C=O) groups is 1. The van der Waals surface area contributed by atoms with Crippen molar-refractivity contribution in [2.45, 2.75) is 46.5 Å². The maximum atomic E-state index is 12.1. The Hall–Kier alpha value is -0.410. The molecular formula is C15H29NO2. The number of Topliss-reactive ketones (excluding diaryl/α,β-unsaturated/α-hetero) is 1. The smallest absolute Gasteiger partial charge is 0.137 e. The molecule has 0 aromatic rings. The molecule has 18 heavy (non-hydrogen) atoms. The largest absolute Gasteiger partial charge is 0.380 e. The number of nitrogens with zero attached hydrogens (tertiary/aromatic N) is 1. The molecule has 1 rings (SSSR count). The van der Waals surface area contributed by atoms with Crippen molar-refractivity contribution in [3.8, 4) is 0 Å². The third-order valence-corrected chi connectivity index (χ3v) is 3.47. The monoisotopic (exact) mass is 255 g/mol. The van der Waals surface area contributed by atoms with Gasteiger partial charge >= 0.3 is 0 Å². The molecule has 1 unspecified atom stereocenters. The fourth-order valence-corrected chi connectivity index (χ4v) is 2.53. The molecule has 1 aliphatic heterocycles. The van der Waals surface area contributed by atoms with Gasteiger partial charge in [0.2, 0.25) is 0 Å². The van der Waals surface area contributed by atoms with Crippen molar-refractivity contribution in [1.82, 2.24) is 4.90 Å². The fraction of sp³-hybridized carbons (Fsp3) is 0.933. The Morgan fingerprint density at radius 2 is 2.17 bits per heavy atom. The Bertz CT molecular complexity index is 241. The summed E-state index contributed by atoms with van der Waals surface area (Å²) in [6.45, 7) is 11.1. The minimum Gasteiger partial charge on any atom is -0.380 e. The third kappa shape index (κ3) is 5.96. The molecule has 0 aliphatic carbocycles. The molecule has 0 amide bonds. The zero-order chi connectivity index (χ0) is 13.4. The van der Waals surface area contributed by atoms with Gasteiger partial charge in [0.1, 0.15) is 5.78 Å². The van der Waals surface area contributed by atoms with E-state index in [0.717, 1.165) is 58.5 Å². The highest BCUT2D eigenvalue weighted by atomic mass is 16.5. The van der Waals surface area contributed by atoms with Gasteiger partial charge in [0.05, 0.1) is 6.61 Å². The number of ether oxygens (including phenoxy) is 1. The maximum absolute atomic E-state index is 12.1. The molecule has 106 valence electrons. The minimum absolute atomic E-state index is 0.271. The number of hydrogen-bond acceptors (Lipinski definition) is 3. The lowest BCUT2D eigenvalue weighted by Gasteiger charge is -2.32. The summed E-state index contributed by atoms with van der Waals surface area (Å²) in [4.78, 5) is 14.5. The van der Waals surface area contributed by atoms with Gasteiger partial charge in [-0.25, -0.2) is 0 Å². The Morgan fingerprint density at radius 1 is 1.39 bits per heavy atom. The molecule has 0 aromatic carbocycles. The molecule has 3 nitrogen and oxygen atoms in total. The summed E-state index contributed by atoms with van der Waals surface area (Å²) in [5.74, 6) is 1.22. The summed E-state index contributed by atoms with van der Waals surface area (Å²) < 4.78 is 5.52. The number of rotatable bonds is 8. The second-order valence-electron chi connectivity index (χ2n) is 5.82. The summed E-state index contributed by atoms with van der Waals surface area (Å²) in [7, 11) is 0. The van der Waals surface area contributed by atoms with Gasteiger partial charge < -0.3 is 9.64 Å². The van der Waals surface area contributed by atoms with Crippen molar-refractivity contribution in [3.05, 3.63) is 0 Å². The predicted octanol–water partition coefficient (Wildman–Crippen LogP) is 2.74. The van der Waals surface area contributed by atoms with E-state index < -0.39 is 0 Å². The van der Waals surface area contributed by atoms with Gasteiger partial charge in [-0.15, -0.1) is 0 Å². The molecule has 1 fully saturated rings. The standard InChI is InChI=1S/C15H29NO2/c1-4-9-18-10-8-16-7-5-6-14(12-16)15(17)11-13(2)3/h13-14H,4-12H2,1-3H3. The normalized spacial score (nSPS) is 21.4. The molecule has 0 spiro atoms. The number of piperidine rings is 1. The average molecular weight is 255 g/mol. The first kappa shape index (κ1) is 15.6. The molecule has 0 radical (unpaired) electrons. The van der Waals surface area contributed by atoms with E-state index in [1.54, 1.807) is 0 Å². The summed E-state index contributed by atoms with van der Waals surface area (Å²) >= 11 is 0. The van der Waals surface area contributed by atoms with Crippen molar-refractivity contribution in [3.63, 3.8) is 0 Å². The molecule has 0 aromatic heterocycles.